The Morgan fingerprint density at radius 3 is 2.60 bits per heavy atom. The highest BCUT2D eigenvalue weighted by Crippen LogP contribution is 2.25. The highest BCUT2D eigenvalue weighted by atomic mass is 35.5. The summed E-state index contributed by atoms with van der Waals surface area (Å²) < 4.78 is 0. The van der Waals surface area contributed by atoms with Crippen molar-refractivity contribution < 1.29 is 4.79 Å². The Morgan fingerprint density at radius 1 is 1.35 bits per heavy atom. The van der Waals surface area contributed by atoms with Crippen molar-refractivity contribution in [1.82, 2.24) is 10.6 Å². The molecule has 20 heavy (non-hydrogen) atoms. The minimum atomic E-state index is 0. The molecule has 1 aliphatic heterocycles. The van der Waals surface area contributed by atoms with Crippen LogP contribution in [-0.4, -0.2) is 30.3 Å². The smallest absolute Gasteiger partial charge is 0.233 e. The van der Waals surface area contributed by atoms with Crippen LogP contribution in [0.5, 0.6) is 0 Å². The fourth-order valence-electron chi connectivity index (χ4n) is 2.25. The molecule has 0 radical (unpaired) electrons. The van der Waals surface area contributed by atoms with Gasteiger partial charge in [-0.05, 0) is 44.5 Å². The number of nitrogens with one attached hydrogen (secondary N) is 2. The maximum atomic E-state index is 12.3. The number of benzene rings is 1. The highest BCUT2D eigenvalue weighted by molar-refractivity contribution is 8.00. The molecule has 0 aliphatic carbocycles. The second-order valence-corrected chi connectivity index (χ2v) is 6.14. The first-order valence-electron chi connectivity index (χ1n) is 7.02. The Hall–Kier alpha value is -0.710. The van der Waals surface area contributed by atoms with Crippen molar-refractivity contribution >= 4 is 30.1 Å². The third-order valence-corrected chi connectivity index (χ3v) is 4.75. The van der Waals surface area contributed by atoms with E-state index >= 15 is 0 Å². The number of hydrogen-bond acceptors (Lipinski definition) is 3. The van der Waals surface area contributed by atoms with Crippen LogP contribution in [-0.2, 0) is 4.79 Å². The van der Waals surface area contributed by atoms with Crippen molar-refractivity contribution in [3.63, 3.8) is 0 Å². The number of piperidine rings is 1. The van der Waals surface area contributed by atoms with Gasteiger partial charge in [0, 0.05) is 10.9 Å². The summed E-state index contributed by atoms with van der Waals surface area (Å²) in [4.78, 5) is 13.5. The molecule has 1 aromatic carbocycles. The molecule has 1 heterocycles. The maximum Gasteiger partial charge on any atom is 0.233 e. The monoisotopic (exact) mass is 314 g/mol. The highest BCUT2D eigenvalue weighted by Gasteiger charge is 2.22. The van der Waals surface area contributed by atoms with Gasteiger partial charge in [-0.3, -0.25) is 4.79 Å². The van der Waals surface area contributed by atoms with E-state index in [1.165, 1.54) is 0 Å². The van der Waals surface area contributed by atoms with Gasteiger partial charge in [0.05, 0.1) is 5.25 Å². The van der Waals surface area contributed by atoms with Crippen molar-refractivity contribution in [2.45, 2.75) is 42.4 Å². The van der Waals surface area contributed by atoms with Gasteiger partial charge in [0.25, 0.3) is 0 Å². The molecule has 112 valence electrons. The quantitative estimate of drug-likeness (QED) is 0.821. The number of halogens is 1. The minimum Gasteiger partial charge on any atom is -0.352 e. The molecule has 1 unspecified atom stereocenters. The van der Waals surface area contributed by atoms with Crippen LogP contribution in [0, 0.1) is 0 Å². The average Bonchev–Trinajstić information content (AvgIpc) is 2.47. The van der Waals surface area contributed by atoms with Gasteiger partial charge >= 0.3 is 0 Å². The molecule has 1 amide bonds. The zero-order chi connectivity index (χ0) is 13.5. The van der Waals surface area contributed by atoms with E-state index in [9.17, 15) is 4.79 Å². The molecule has 1 atom stereocenters. The minimum absolute atomic E-state index is 0. The predicted octanol–water partition coefficient (Wildman–Crippen LogP) is 2.85. The van der Waals surface area contributed by atoms with E-state index in [2.05, 4.69) is 29.7 Å². The van der Waals surface area contributed by atoms with Crippen LogP contribution in [0.3, 0.4) is 0 Å². The summed E-state index contributed by atoms with van der Waals surface area (Å²) in [5.74, 6) is 0.184. The average molecular weight is 315 g/mol. The van der Waals surface area contributed by atoms with Crippen LogP contribution in [0.25, 0.3) is 0 Å². The van der Waals surface area contributed by atoms with E-state index in [-0.39, 0.29) is 23.6 Å². The summed E-state index contributed by atoms with van der Waals surface area (Å²) in [6.07, 6.45) is 2.94. The van der Waals surface area contributed by atoms with Crippen molar-refractivity contribution in [3.8, 4) is 0 Å². The van der Waals surface area contributed by atoms with Crippen LogP contribution >= 0.6 is 24.2 Å². The summed E-state index contributed by atoms with van der Waals surface area (Å²) in [7, 11) is 0. The molecule has 2 rings (SSSR count). The zero-order valence-corrected chi connectivity index (χ0v) is 13.4. The van der Waals surface area contributed by atoms with Crippen LogP contribution < -0.4 is 10.6 Å². The molecule has 3 nitrogen and oxygen atoms in total. The van der Waals surface area contributed by atoms with E-state index in [1.807, 2.05) is 18.2 Å². The number of hydrogen-bond donors (Lipinski definition) is 2. The number of carbonyl (C=O) groups is 1. The number of rotatable bonds is 5. The molecule has 0 saturated carbocycles. The van der Waals surface area contributed by atoms with Gasteiger partial charge in [-0.25, -0.2) is 0 Å². The van der Waals surface area contributed by atoms with Crippen molar-refractivity contribution in [2.24, 2.45) is 0 Å². The Bertz CT molecular complexity index is 396. The van der Waals surface area contributed by atoms with E-state index in [0.29, 0.717) is 6.04 Å². The molecule has 0 aromatic heterocycles. The summed E-state index contributed by atoms with van der Waals surface area (Å²) >= 11 is 1.66. The molecule has 5 heteroatoms. The molecule has 1 aromatic rings. The second-order valence-electron chi connectivity index (χ2n) is 4.86. The van der Waals surface area contributed by atoms with Gasteiger partial charge in [0.15, 0.2) is 0 Å². The lowest BCUT2D eigenvalue weighted by Crippen LogP contribution is -2.45. The molecular formula is C15H23ClN2OS. The van der Waals surface area contributed by atoms with Crippen LogP contribution in [0.1, 0.15) is 26.2 Å². The van der Waals surface area contributed by atoms with Gasteiger partial charge in [0.2, 0.25) is 5.91 Å². The standard InChI is InChI=1S/C15H22N2OS.ClH/c1-2-14(19-13-6-4-3-5-7-13)15(18)17-12-8-10-16-11-9-12;/h3-7,12,14,16H,2,8-11H2,1H3,(H,17,18);1H. The van der Waals surface area contributed by atoms with Crippen molar-refractivity contribution in [3.05, 3.63) is 30.3 Å². The van der Waals surface area contributed by atoms with Crippen molar-refractivity contribution in [1.29, 1.82) is 0 Å². The van der Waals surface area contributed by atoms with E-state index in [4.69, 9.17) is 0 Å². The first-order valence-corrected chi connectivity index (χ1v) is 7.90. The van der Waals surface area contributed by atoms with E-state index in [0.717, 1.165) is 37.2 Å². The largest absolute Gasteiger partial charge is 0.352 e. The van der Waals surface area contributed by atoms with Crippen LogP contribution in [0.4, 0.5) is 0 Å². The molecule has 0 bridgehead atoms. The summed E-state index contributed by atoms with van der Waals surface area (Å²) in [5.41, 5.74) is 0. The summed E-state index contributed by atoms with van der Waals surface area (Å²) in [5, 5.41) is 6.52. The first-order chi connectivity index (χ1) is 9.29. The Kier molecular flexibility index (Phi) is 8.04. The first kappa shape index (κ1) is 17.3. The molecule has 2 N–H and O–H groups in total. The van der Waals surface area contributed by atoms with Gasteiger partial charge in [-0.15, -0.1) is 24.2 Å². The second kappa shape index (κ2) is 9.27. The summed E-state index contributed by atoms with van der Waals surface area (Å²) in [6.45, 7) is 4.09. The lowest BCUT2D eigenvalue weighted by molar-refractivity contribution is -0.121. The SMILES string of the molecule is CCC(Sc1ccccc1)C(=O)NC1CCNCC1.Cl. The molecule has 1 saturated heterocycles. The third-order valence-electron chi connectivity index (χ3n) is 3.37. The zero-order valence-electron chi connectivity index (χ0n) is 11.8. The normalized spacial score (nSPS) is 17.1. The fraction of sp³-hybridized carbons (Fsp3) is 0.533. The summed E-state index contributed by atoms with van der Waals surface area (Å²) in [6, 6.07) is 10.5. The topological polar surface area (TPSA) is 41.1 Å². The van der Waals surface area contributed by atoms with Gasteiger partial charge in [-0.1, -0.05) is 25.1 Å². The van der Waals surface area contributed by atoms with Gasteiger partial charge in [-0.2, -0.15) is 0 Å². The maximum absolute atomic E-state index is 12.3. The van der Waals surface area contributed by atoms with Gasteiger partial charge < -0.3 is 10.6 Å². The lowest BCUT2D eigenvalue weighted by Gasteiger charge is -2.25. The Balaban J connectivity index is 0.00000200. The van der Waals surface area contributed by atoms with Gasteiger partial charge in [0.1, 0.15) is 0 Å². The van der Waals surface area contributed by atoms with Crippen LogP contribution in [0.15, 0.2) is 35.2 Å². The predicted molar refractivity (Wildman–Crippen MR) is 87.7 cm³/mol. The Morgan fingerprint density at radius 2 is 2.00 bits per heavy atom. The number of amides is 1. The molecule has 1 aliphatic rings. The molecule has 1 fully saturated rings. The molecule has 0 spiro atoms. The molecular weight excluding hydrogens is 292 g/mol. The third kappa shape index (κ3) is 5.35. The van der Waals surface area contributed by atoms with Crippen molar-refractivity contribution in [2.75, 3.05) is 13.1 Å². The van der Waals surface area contributed by atoms with Crippen LogP contribution in [0.2, 0.25) is 0 Å². The number of carbonyl (C=O) groups excluding carboxylic acids is 1. The lowest BCUT2D eigenvalue weighted by atomic mass is 10.1. The number of thioether (sulfide) groups is 1. The van der Waals surface area contributed by atoms with E-state index in [1.54, 1.807) is 11.8 Å². The fourth-order valence-corrected chi connectivity index (χ4v) is 3.23. The Labute approximate surface area is 131 Å². The van der Waals surface area contributed by atoms with E-state index < -0.39 is 0 Å².